The van der Waals surface area contributed by atoms with E-state index < -0.39 is 0 Å². The van der Waals surface area contributed by atoms with Crippen LogP contribution in [-0.4, -0.2) is 39.0 Å². The third-order valence-corrected chi connectivity index (χ3v) is 4.81. The second-order valence-electron chi connectivity index (χ2n) is 6.79. The third-order valence-electron chi connectivity index (χ3n) is 4.81. The van der Waals surface area contributed by atoms with Crippen molar-refractivity contribution < 1.29 is 9.90 Å². The Kier molecular flexibility index (Phi) is 4.21. The van der Waals surface area contributed by atoms with Crippen molar-refractivity contribution >= 4 is 23.0 Å². The van der Waals surface area contributed by atoms with Gasteiger partial charge in [-0.1, -0.05) is 41.5 Å². The number of aromatic amines is 1. The van der Waals surface area contributed by atoms with Gasteiger partial charge in [0.25, 0.3) is 5.91 Å². The molecule has 0 radical (unpaired) electrons. The Bertz CT molecular complexity index is 976. The molecule has 1 aliphatic rings. The summed E-state index contributed by atoms with van der Waals surface area (Å²) in [5, 5.41) is 9.54. The number of carbonyl (C=O) groups is 1. The number of phenolic OH excluding ortho intramolecular Hbond substituents is 1. The zero-order valence-corrected chi connectivity index (χ0v) is 14.7. The molecule has 2 N–H and O–H groups in total. The van der Waals surface area contributed by atoms with Gasteiger partial charge in [0.2, 0.25) is 0 Å². The van der Waals surface area contributed by atoms with Gasteiger partial charge in [-0.2, -0.15) is 0 Å². The number of fused-ring (bicyclic) bond motifs is 1. The normalized spacial score (nSPS) is 14.7. The number of imidazole rings is 1. The molecule has 0 saturated carbocycles. The molecule has 132 valence electrons. The van der Waals surface area contributed by atoms with Gasteiger partial charge in [0.05, 0.1) is 11.0 Å². The molecule has 1 saturated heterocycles. The summed E-state index contributed by atoms with van der Waals surface area (Å²) in [6.07, 6.45) is 3.98. The molecular formula is C21H21N3O2. The van der Waals surface area contributed by atoms with E-state index in [4.69, 9.17) is 0 Å². The zero-order chi connectivity index (χ0) is 18.1. The molecule has 0 bridgehead atoms. The second kappa shape index (κ2) is 6.67. The maximum Gasteiger partial charge on any atom is 0.289 e. The lowest BCUT2D eigenvalue weighted by atomic mass is 10.0. The number of piperidine rings is 1. The fourth-order valence-corrected chi connectivity index (χ4v) is 3.29. The fourth-order valence-electron chi connectivity index (χ4n) is 3.29. The Labute approximate surface area is 152 Å². The highest BCUT2D eigenvalue weighted by molar-refractivity contribution is 5.94. The summed E-state index contributed by atoms with van der Waals surface area (Å²) >= 11 is 0. The lowest BCUT2D eigenvalue weighted by molar-refractivity contribution is 0.0733. The zero-order valence-electron chi connectivity index (χ0n) is 14.7. The number of H-pyrrole nitrogens is 1. The molecule has 0 spiro atoms. The van der Waals surface area contributed by atoms with Crippen LogP contribution >= 0.6 is 0 Å². The minimum Gasteiger partial charge on any atom is -0.508 e. The maximum absolute atomic E-state index is 12.7. The number of nitrogens with zero attached hydrogens (tertiary/aromatic N) is 2. The number of likely N-dealkylation sites (tertiary alicyclic amines) is 1. The highest BCUT2D eigenvalue weighted by atomic mass is 16.3. The molecular weight excluding hydrogens is 326 g/mol. The van der Waals surface area contributed by atoms with Gasteiger partial charge >= 0.3 is 0 Å². The van der Waals surface area contributed by atoms with Crippen molar-refractivity contribution in [1.29, 1.82) is 0 Å². The summed E-state index contributed by atoms with van der Waals surface area (Å²) < 4.78 is 0. The van der Waals surface area contributed by atoms with E-state index in [1.165, 1.54) is 16.7 Å². The van der Waals surface area contributed by atoms with Gasteiger partial charge in [-0.15, -0.1) is 0 Å². The van der Waals surface area contributed by atoms with Gasteiger partial charge in [-0.3, -0.25) is 4.79 Å². The minimum atomic E-state index is -0.0879. The summed E-state index contributed by atoms with van der Waals surface area (Å²) in [5.74, 6) is 0.399. The monoisotopic (exact) mass is 347 g/mol. The van der Waals surface area contributed by atoms with Crippen molar-refractivity contribution in [3.8, 4) is 5.75 Å². The maximum atomic E-state index is 12.7. The molecule has 2 heterocycles. The van der Waals surface area contributed by atoms with E-state index >= 15 is 0 Å². The van der Waals surface area contributed by atoms with E-state index in [0.29, 0.717) is 29.9 Å². The van der Waals surface area contributed by atoms with E-state index in [1.807, 2.05) is 4.90 Å². The topological polar surface area (TPSA) is 69.2 Å². The van der Waals surface area contributed by atoms with E-state index in [2.05, 4.69) is 47.2 Å². The number of aromatic nitrogens is 2. The third kappa shape index (κ3) is 3.33. The van der Waals surface area contributed by atoms with E-state index in [1.54, 1.807) is 18.2 Å². The molecule has 5 nitrogen and oxygen atoms in total. The van der Waals surface area contributed by atoms with Crippen molar-refractivity contribution in [2.24, 2.45) is 0 Å². The number of benzene rings is 2. The smallest absolute Gasteiger partial charge is 0.289 e. The van der Waals surface area contributed by atoms with E-state index in [-0.39, 0.29) is 11.7 Å². The summed E-state index contributed by atoms with van der Waals surface area (Å²) in [6.45, 7) is 3.47. The fraction of sp³-hybridized carbons (Fsp3) is 0.238. The molecule has 1 aliphatic heterocycles. The van der Waals surface area contributed by atoms with Crippen LogP contribution in [0.15, 0.2) is 48.0 Å². The largest absolute Gasteiger partial charge is 0.508 e. The number of nitrogens with one attached hydrogen (secondary N) is 1. The lowest BCUT2D eigenvalue weighted by Gasteiger charge is -2.27. The number of hydrogen-bond acceptors (Lipinski definition) is 3. The molecule has 2 aromatic carbocycles. The van der Waals surface area contributed by atoms with Crippen molar-refractivity contribution in [1.82, 2.24) is 14.9 Å². The summed E-state index contributed by atoms with van der Waals surface area (Å²) in [7, 11) is 0. The summed E-state index contributed by atoms with van der Waals surface area (Å²) in [5.41, 5.74) is 5.19. The van der Waals surface area contributed by atoms with Crippen molar-refractivity contribution in [2.75, 3.05) is 13.1 Å². The highest BCUT2D eigenvalue weighted by Crippen LogP contribution is 2.22. The Morgan fingerprint density at radius 1 is 1.15 bits per heavy atom. The molecule has 26 heavy (non-hydrogen) atoms. The first kappa shape index (κ1) is 16.4. The van der Waals surface area contributed by atoms with E-state index in [9.17, 15) is 9.90 Å². The number of aryl methyl sites for hydroxylation is 1. The van der Waals surface area contributed by atoms with Crippen LogP contribution in [0.25, 0.3) is 17.1 Å². The van der Waals surface area contributed by atoms with Crippen LogP contribution in [0.4, 0.5) is 0 Å². The van der Waals surface area contributed by atoms with Crippen LogP contribution in [0.5, 0.6) is 5.75 Å². The Hall–Kier alpha value is -3.08. The minimum absolute atomic E-state index is 0.0879. The molecule has 0 unspecified atom stereocenters. The summed E-state index contributed by atoms with van der Waals surface area (Å²) in [6, 6.07) is 13.3. The van der Waals surface area contributed by atoms with Crippen LogP contribution in [0.2, 0.25) is 0 Å². The Morgan fingerprint density at radius 3 is 2.62 bits per heavy atom. The van der Waals surface area contributed by atoms with Gasteiger partial charge in [-0.05, 0) is 37.5 Å². The van der Waals surface area contributed by atoms with Gasteiger partial charge in [0.15, 0.2) is 5.82 Å². The molecule has 0 atom stereocenters. The number of carbonyl (C=O) groups excluding carboxylic acids is 1. The van der Waals surface area contributed by atoms with Gasteiger partial charge in [-0.25, -0.2) is 4.98 Å². The number of hydrogen-bond donors (Lipinski definition) is 2. The summed E-state index contributed by atoms with van der Waals surface area (Å²) in [4.78, 5) is 21.9. The van der Waals surface area contributed by atoms with Gasteiger partial charge < -0.3 is 15.0 Å². The van der Waals surface area contributed by atoms with Crippen LogP contribution in [0.3, 0.4) is 0 Å². The SMILES string of the molecule is Cc1ccc(C=C2CCN(C(=O)c3nc4ccc(O)cc4[nH]3)CC2)cc1. The average molecular weight is 347 g/mol. The number of aromatic hydroxyl groups is 1. The van der Waals surface area contributed by atoms with Gasteiger partial charge in [0.1, 0.15) is 5.75 Å². The first-order valence-corrected chi connectivity index (χ1v) is 8.82. The first-order valence-electron chi connectivity index (χ1n) is 8.82. The standard InChI is InChI=1S/C21H21N3O2/c1-14-2-4-15(5-3-14)12-16-8-10-24(11-9-16)21(26)20-22-18-7-6-17(25)13-19(18)23-20/h2-7,12-13,25H,8-11H2,1H3,(H,22,23). The van der Waals surface area contributed by atoms with Gasteiger partial charge in [0, 0.05) is 19.2 Å². The van der Waals surface area contributed by atoms with E-state index in [0.717, 1.165) is 12.8 Å². The van der Waals surface area contributed by atoms with Crippen molar-refractivity contribution in [3.05, 3.63) is 65.0 Å². The number of amides is 1. The number of rotatable bonds is 2. The molecule has 0 aliphatic carbocycles. The molecule has 1 fully saturated rings. The molecule has 1 aromatic heterocycles. The Morgan fingerprint density at radius 2 is 1.88 bits per heavy atom. The highest BCUT2D eigenvalue weighted by Gasteiger charge is 2.22. The van der Waals surface area contributed by atoms with Crippen LogP contribution in [0.1, 0.15) is 34.6 Å². The molecule has 3 aromatic rings. The van der Waals surface area contributed by atoms with Crippen LogP contribution in [-0.2, 0) is 0 Å². The predicted molar refractivity (Wildman–Crippen MR) is 102 cm³/mol. The quantitative estimate of drug-likeness (QED) is 0.739. The van der Waals surface area contributed by atoms with Crippen molar-refractivity contribution in [2.45, 2.75) is 19.8 Å². The van der Waals surface area contributed by atoms with Crippen LogP contribution < -0.4 is 0 Å². The van der Waals surface area contributed by atoms with Crippen LogP contribution in [0, 0.1) is 6.92 Å². The molecule has 4 rings (SSSR count). The van der Waals surface area contributed by atoms with Crippen molar-refractivity contribution in [3.63, 3.8) is 0 Å². The second-order valence-corrected chi connectivity index (χ2v) is 6.79. The Balaban J connectivity index is 1.45. The first-order chi connectivity index (χ1) is 12.6. The lowest BCUT2D eigenvalue weighted by Crippen LogP contribution is -2.36. The predicted octanol–water partition coefficient (Wildman–Crippen LogP) is 3.90. The number of phenols is 1. The molecule has 1 amide bonds. The molecule has 5 heteroatoms. The average Bonchev–Trinajstić information content (AvgIpc) is 3.07.